The Kier molecular flexibility index (Phi) is 4.31. The molecule has 0 aliphatic heterocycles. The number of anilines is 1. The van der Waals surface area contributed by atoms with Crippen molar-refractivity contribution in [3.63, 3.8) is 0 Å². The predicted octanol–water partition coefficient (Wildman–Crippen LogP) is 2.92. The van der Waals surface area contributed by atoms with E-state index in [1.54, 1.807) is 7.11 Å². The minimum absolute atomic E-state index is 0.316. The maximum atomic E-state index is 13.4. The Morgan fingerprint density at radius 3 is 2.68 bits per heavy atom. The van der Waals surface area contributed by atoms with Gasteiger partial charge in [0.1, 0.15) is 11.6 Å². The topological polar surface area (TPSA) is 61.0 Å². The van der Waals surface area contributed by atoms with Crippen molar-refractivity contribution in [2.24, 2.45) is 0 Å². The van der Waals surface area contributed by atoms with Crippen LogP contribution in [0, 0.1) is 16.3 Å². The first-order valence-electron chi connectivity index (χ1n) is 5.59. The van der Waals surface area contributed by atoms with E-state index in [9.17, 15) is 4.39 Å². The second-order valence-electron chi connectivity index (χ2n) is 4.14. The Morgan fingerprint density at radius 2 is 2.05 bits per heavy atom. The number of ether oxygens (including phenoxy) is 1. The predicted molar refractivity (Wildman–Crippen MR) is 80.0 cm³/mol. The van der Waals surface area contributed by atoms with Gasteiger partial charge >= 0.3 is 0 Å². The van der Waals surface area contributed by atoms with Crippen LogP contribution in [-0.4, -0.2) is 17.1 Å². The van der Waals surface area contributed by atoms with E-state index in [0.717, 1.165) is 9.13 Å². The molecule has 1 heterocycles. The van der Waals surface area contributed by atoms with Crippen molar-refractivity contribution in [1.29, 1.82) is 0 Å². The Morgan fingerprint density at radius 1 is 1.32 bits per heavy atom. The second kappa shape index (κ2) is 5.79. The molecule has 2 aromatic rings. The van der Waals surface area contributed by atoms with E-state index >= 15 is 0 Å². The fraction of sp³-hybridized carbons (Fsp3) is 0.231. The molecule has 2 N–H and O–H groups in total. The minimum Gasteiger partial charge on any atom is -0.383 e. The third-order valence-corrected chi connectivity index (χ3v) is 3.70. The molecule has 2 rings (SSSR count). The molecule has 19 heavy (non-hydrogen) atoms. The third-order valence-electron chi connectivity index (χ3n) is 2.53. The van der Waals surface area contributed by atoms with Gasteiger partial charge in [0, 0.05) is 12.7 Å². The largest absolute Gasteiger partial charge is 0.383 e. The Hall–Kier alpha value is -1.28. The molecule has 6 heteroatoms. The van der Waals surface area contributed by atoms with Gasteiger partial charge in [-0.2, -0.15) is 0 Å². The lowest BCUT2D eigenvalue weighted by Crippen LogP contribution is -2.06. The van der Waals surface area contributed by atoms with Crippen LogP contribution in [0.1, 0.15) is 11.3 Å². The van der Waals surface area contributed by atoms with Gasteiger partial charge in [-0.05, 0) is 53.3 Å². The van der Waals surface area contributed by atoms with Crippen molar-refractivity contribution >= 4 is 28.4 Å². The van der Waals surface area contributed by atoms with Crippen molar-refractivity contribution in [3.05, 3.63) is 38.8 Å². The number of nitrogens with two attached hydrogens (primary N) is 1. The number of nitrogen functional groups attached to an aromatic ring is 1. The fourth-order valence-corrected chi connectivity index (χ4v) is 2.14. The summed E-state index contributed by atoms with van der Waals surface area (Å²) >= 11 is 2.07. The SMILES string of the molecule is COCc1nc(-c2cc(C)cc(F)c2)nc(N)c1I. The second-order valence-corrected chi connectivity index (χ2v) is 5.22. The van der Waals surface area contributed by atoms with Gasteiger partial charge in [0.05, 0.1) is 15.9 Å². The number of hydrogen-bond acceptors (Lipinski definition) is 4. The zero-order chi connectivity index (χ0) is 14.0. The zero-order valence-corrected chi connectivity index (χ0v) is 12.7. The highest BCUT2D eigenvalue weighted by molar-refractivity contribution is 14.1. The first-order chi connectivity index (χ1) is 9.01. The molecule has 0 amide bonds. The van der Waals surface area contributed by atoms with Crippen LogP contribution in [0.5, 0.6) is 0 Å². The van der Waals surface area contributed by atoms with Gasteiger partial charge in [-0.3, -0.25) is 0 Å². The summed E-state index contributed by atoms with van der Waals surface area (Å²) in [6, 6.07) is 4.67. The highest BCUT2D eigenvalue weighted by Gasteiger charge is 2.12. The summed E-state index contributed by atoms with van der Waals surface area (Å²) in [7, 11) is 1.58. The Labute approximate surface area is 124 Å². The first-order valence-corrected chi connectivity index (χ1v) is 6.67. The van der Waals surface area contributed by atoms with Crippen LogP contribution in [0.25, 0.3) is 11.4 Å². The summed E-state index contributed by atoms with van der Waals surface area (Å²) in [6.07, 6.45) is 0. The van der Waals surface area contributed by atoms with Gasteiger partial charge < -0.3 is 10.5 Å². The summed E-state index contributed by atoms with van der Waals surface area (Å²) in [6.45, 7) is 2.16. The summed E-state index contributed by atoms with van der Waals surface area (Å²) in [5.41, 5.74) is 7.98. The van der Waals surface area contributed by atoms with E-state index in [4.69, 9.17) is 10.5 Å². The number of hydrogen-bond donors (Lipinski definition) is 1. The molecule has 0 saturated heterocycles. The van der Waals surface area contributed by atoms with Crippen LogP contribution in [0.4, 0.5) is 10.2 Å². The molecule has 0 unspecified atom stereocenters. The number of nitrogens with zero attached hydrogens (tertiary/aromatic N) is 2. The van der Waals surface area contributed by atoms with Crippen LogP contribution in [0.15, 0.2) is 18.2 Å². The standard InChI is InChI=1S/C13H13FIN3O/c1-7-3-8(5-9(14)4-7)13-17-10(6-19-2)11(15)12(16)18-13/h3-5H,6H2,1-2H3,(H2,16,17,18). The molecule has 0 saturated carbocycles. The minimum atomic E-state index is -0.316. The van der Waals surface area contributed by atoms with Gasteiger partial charge in [-0.25, -0.2) is 14.4 Å². The van der Waals surface area contributed by atoms with E-state index in [0.29, 0.717) is 29.5 Å². The molecular weight excluding hydrogens is 360 g/mol. The van der Waals surface area contributed by atoms with Crippen LogP contribution in [0.2, 0.25) is 0 Å². The molecule has 1 aromatic heterocycles. The van der Waals surface area contributed by atoms with Crippen molar-refractivity contribution in [2.45, 2.75) is 13.5 Å². The van der Waals surface area contributed by atoms with E-state index in [2.05, 4.69) is 32.6 Å². The van der Waals surface area contributed by atoms with E-state index in [-0.39, 0.29) is 5.82 Å². The molecule has 1 aromatic carbocycles. The Bertz CT molecular complexity index is 599. The van der Waals surface area contributed by atoms with Crippen LogP contribution < -0.4 is 5.73 Å². The monoisotopic (exact) mass is 373 g/mol. The van der Waals surface area contributed by atoms with Gasteiger partial charge in [-0.1, -0.05) is 0 Å². The normalized spacial score (nSPS) is 10.7. The quantitative estimate of drug-likeness (QED) is 0.841. The highest BCUT2D eigenvalue weighted by atomic mass is 127. The molecular formula is C13H13FIN3O. The molecule has 0 radical (unpaired) electrons. The smallest absolute Gasteiger partial charge is 0.162 e. The van der Waals surface area contributed by atoms with E-state index in [1.165, 1.54) is 12.1 Å². The van der Waals surface area contributed by atoms with E-state index < -0.39 is 0 Å². The van der Waals surface area contributed by atoms with Crippen molar-refractivity contribution < 1.29 is 9.13 Å². The molecule has 0 fully saturated rings. The van der Waals surface area contributed by atoms with Gasteiger partial charge in [-0.15, -0.1) is 0 Å². The summed E-state index contributed by atoms with van der Waals surface area (Å²) in [5, 5.41) is 0. The summed E-state index contributed by atoms with van der Waals surface area (Å²) < 4.78 is 19.3. The zero-order valence-electron chi connectivity index (χ0n) is 10.6. The lowest BCUT2D eigenvalue weighted by molar-refractivity contribution is 0.181. The van der Waals surface area contributed by atoms with Crippen molar-refractivity contribution in [2.75, 3.05) is 12.8 Å². The molecule has 0 aliphatic carbocycles. The number of aryl methyl sites for hydroxylation is 1. The molecule has 0 bridgehead atoms. The number of aromatic nitrogens is 2. The number of methoxy groups -OCH3 is 1. The van der Waals surface area contributed by atoms with Crippen LogP contribution in [-0.2, 0) is 11.3 Å². The lowest BCUT2D eigenvalue weighted by atomic mass is 10.1. The molecule has 4 nitrogen and oxygen atoms in total. The highest BCUT2D eigenvalue weighted by Crippen LogP contribution is 2.24. The molecule has 100 valence electrons. The van der Waals surface area contributed by atoms with Gasteiger partial charge in [0.2, 0.25) is 0 Å². The van der Waals surface area contributed by atoms with Crippen LogP contribution in [0.3, 0.4) is 0 Å². The van der Waals surface area contributed by atoms with Gasteiger partial charge in [0.25, 0.3) is 0 Å². The number of halogens is 2. The van der Waals surface area contributed by atoms with E-state index in [1.807, 2.05) is 13.0 Å². The molecule has 0 aliphatic rings. The molecule has 0 atom stereocenters. The molecule has 0 spiro atoms. The maximum absolute atomic E-state index is 13.4. The first kappa shape index (κ1) is 14.1. The summed E-state index contributed by atoms with van der Waals surface area (Å²) in [4.78, 5) is 8.59. The van der Waals surface area contributed by atoms with Crippen molar-refractivity contribution in [3.8, 4) is 11.4 Å². The average molecular weight is 373 g/mol. The number of rotatable bonds is 3. The van der Waals surface area contributed by atoms with Crippen molar-refractivity contribution in [1.82, 2.24) is 9.97 Å². The average Bonchev–Trinajstić information content (AvgIpc) is 2.33. The summed E-state index contributed by atoms with van der Waals surface area (Å²) in [5.74, 6) is 0.469. The lowest BCUT2D eigenvalue weighted by Gasteiger charge is -2.09. The number of benzene rings is 1. The fourth-order valence-electron chi connectivity index (χ4n) is 1.74. The van der Waals surface area contributed by atoms with Gasteiger partial charge in [0.15, 0.2) is 5.82 Å². The third kappa shape index (κ3) is 3.19. The maximum Gasteiger partial charge on any atom is 0.162 e. The Balaban J connectivity index is 2.55. The van der Waals surface area contributed by atoms with Crippen LogP contribution >= 0.6 is 22.6 Å².